The Morgan fingerprint density at radius 1 is 0.941 bits per heavy atom. The zero-order chi connectivity index (χ0) is 24.3. The van der Waals surface area contributed by atoms with Gasteiger partial charge in [0.15, 0.2) is 0 Å². The van der Waals surface area contributed by atoms with Gasteiger partial charge in [0, 0.05) is 55.0 Å². The van der Waals surface area contributed by atoms with Crippen LogP contribution in [0.15, 0.2) is 57.9 Å². The maximum atomic E-state index is 13.0. The van der Waals surface area contributed by atoms with Crippen LogP contribution in [0.3, 0.4) is 0 Å². The van der Waals surface area contributed by atoms with Gasteiger partial charge in [0.2, 0.25) is 15.9 Å². The van der Waals surface area contributed by atoms with Gasteiger partial charge >= 0.3 is 0 Å². The van der Waals surface area contributed by atoms with E-state index in [2.05, 4.69) is 26.1 Å². The maximum absolute atomic E-state index is 13.0. The molecule has 1 atom stereocenters. The molecule has 10 heteroatoms. The van der Waals surface area contributed by atoms with Gasteiger partial charge in [0.25, 0.3) is 5.91 Å². The Balaban J connectivity index is 1.37. The number of hydrogen-bond acceptors (Lipinski definition) is 5. The average molecular weight is 549 g/mol. The molecule has 2 aromatic carbocycles. The minimum Gasteiger partial charge on any atom is -0.336 e. The molecular formula is C24H29BrN4O4S. The first kappa shape index (κ1) is 24.8. The van der Waals surface area contributed by atoms with Gasteiger partial charge < -0.3 is 15.1 Å². The number of nitrogens with one attached hydrogen (secondary N) is 1. The summed E-state index contributed by atoms with van der Waals surface area (Å²) < 4.78 is 28.2. The van der Waals surface area contributed by atoms with Crippen LogP contribution in [0.5, 0.6) is 0 Å². The second kappa shape index (κ2) is 10.6. The lowest BCUT2D eigenvalue weighted by Crippen LogP contribution is -2.47. The van der Waals surface area contributed by atoms with E-state index >= 15 is 0 Å². The number of carbonyl (C=O) groups excluding carboxylic acids is 2. The number of anilines is 1. The number of rotatable bonds is 5. The predicted octanol–water partition coefficient (Wildman–Crippen LogP) is 2.88. The normalized spacial score (nSPS) is 20.2. The molecule has 0 spiro atoms. The zero-order valence-electron chi connectivity index (χ0n) is 19.1. The molecular weight excluding hydrogens is 520 g/mol. The number of halogens is 1. The van der Waals surface area contributed by atoms with E-state index < -0.39 is 15.9 Å². The lowest BCUT2D eigenvalue weighted by atomic mass is 9.98. The second-order valence-electron chi connectivity index (χ2n) is 8.82. The highest BCUT2D eigenvalue weighted by atomic mass is 79.9. The van der Waals surface area contributed by atoms with Crippen LogP contribution in [0.1, 0.15) is 23.2 Å². The smallest absolute Gasteiger partial charge is 0.253 e. The van der Waals surface area contributed by atoms with E-state index in [4.69, 9.17) is 0 Å². The first-order valence-corrected chi connectivity index (χ1v) is 13.6. The summed E-state index contributed by atoms with van der Waals surface area (Å²) in [7, 11) is -1.62. The number of likely N-dealkylation sites (N-methyl/N-ethyl adjacent to an activating group) is 1. The standard InChI is InChI=1S/C24H29BrN4O4S/c1-27-13-15-28(16-14-27)24(31)18-4-8-21(9-5-18)26-23(30)19-3-2-12-29(17-19)34(32,33)22-10-6-20(25)7-11-22/h4-11,19H,2-3,12-17H2,1H3,(H,26,30)/t19-/m1/s1. The van der Waals surface area contributed by atoms with Gasteiger partial charge in [-0.3, -0.25) is 9.59 Å². The molecule has 182 valence electrons. The van der Waals surface area contributed by atoms with Gasteiger partial charge in [-0.15, -0.1) is 0 Å². The molecule has 2 aromatic rings. The Morgan fingerprint density at radius 3 is 2.24 bits per heavy atom. The number of carbonyl (C=O) groups is 2. The van der Waals surface area contributed by atoms with Gasteiger partial charge in [-0.1, -0.05) is 15.9 Å². The SMILES string of the molecule is CN1CCN(C(=O)c2ccc(NC(=O)[C@@H]3CCCN(S(=O)(=O)c4ccc(Br)cc4)C3)cc2)CC1. The Morgan fingerprint density at radius 2 is 1.59 bits per heavy atom. The van der Waals surface area contributed by atoms with Crippen molar-refractivity contribution in [3.8, 4) is 0 Å². The monoisotopic (exact) mass is 548 g/mol. The van der Waals surface area contributed by atoms with Crippen molar-refractivity contribution in [1.82, 2.24) is 14.1 Å². The number of piperazine rings is 1. The fraction of sp³-hybridized carbons (Fsp3) is 0.417. The Bertz CT molecular complexity index is 1130. The minimum absolute atomic E-state index is 0.00736. The lowest BCUT2D eigenvalue weighted by molar-refractivity contribution is -0.120. The van der Waals surface area contributed by atoms with E-state index in [1.807, 2.05) is 11.9 Å². The highest BCUT2D eigenvalue weighted by Crippen LogP contribution is 2.26. The largest absolute Gasteiger partial charge is 0.336 e. The van der Waals surface area contributed by atoms with E-state index in [1.54, 1.807) is 48.5 Å². The number of amides is 2. The first-order valence-electron chi connectivity index (χ1n) is 11.4. The maximum Gasteiger partial charge on any atom is 0.253 e. The molecule has 8 nitrogen and oxygen atoms in total. The van der Waals surface area contributed by atoms with Crippen molar-refractivity contribution in [2.24, 2.45) is 5.92 Å². The first-order chi connectivity index (χ1) is 16.2. The molecule has 0 radical (unpaired) electrons. The number of nitrogens with zero attached hydrogens (tertiary/aromatic N) is 3. The Labute approximate surface area is 209 Å². The molecule has 34 heavy (non-hydrogen) atoms. The summed E-state index contributed by atoms with van der Waals surface area (Å²) in [6.07, 6.45) is 1.24. The quantitative estimate of drug-likeness (QED) is 0.620. The molecule has 0 aromatic heterocycles. The summed E-state index contributed by atoms with van der Waals surface area (Å²) in [5.41, 5.74) is 1.18. The summed E-state index contributed by atoms with van der Waals surface area (Å²) in [5, 5.41) is 2.88. The molecule has 2 heterocycles. The van der Waals surface area contributed by atoms with E-state index in [0.717, 1.165) is 17.6 Å². The summed E-state index contributed by atoms with van der Waals surface area (Å²) in [5.74, 6) is -0.661. The number of piperidine rings is 1. The molecule has 2 saturated heterocycles. The van der Waals surface area contributed by atoms with Crippen molar-refractivity contribution >= 4 is 43.5 Å². The summed E-state index contributed by atoms with van der Waals surface area (Å²) in [4.78, 5) is 29.9. The van der Waals surface area contributed by atoms with Crippen LogP contribution in [0.2, 0.25) is 0 Å². The molecule has 0 bridgehead atoms. The van der Waals surface area contributed by atoms with Gasteiger partial charge in [-0.25, -0.2) is 8.42 Å². The number of hydrogen-bond donors (Lipinski definition) is 1. The van der Waals surface area contributed by atoms with E-state index in [9.17, 15) is 18.0 Å². The fourth-order valence-electron chi connectivity index (χ4n) is 4.26. The molecule has 2 aliphatic rings. The van der Waals surface area contributed by atoms with Crippen LogP contribution < -0.4 is 5.32 Å². The van der Waals surface area contributed by atoms with E-state index in [-0.39, 0.29) is 23.3 Å². The third-order valence-corrected chi connectivity index (χ3v) is 8.80. The summed E-state index contributed by atoms with van der Waals surface area (Å²) >= 11 is 3.32. The zero-order valence-corrected chi connectivity index (χ0v) is 21.5. The van der Waals surface area contributed by atoms with Crippen LogP contribution in [0.25, 0.3) is 0 Å². The van der Waals surface area contributed by atoms with Gasteiger partial charge in [0.05, 0.1) is 10.8 Å². The van der Waals surface area contributed by atoms with Crippen LogP contribution >= 0.6 is 15.9 Å². The number of sulfonamides is 1. The highest BCUT2D eigenvalue weighted by Gasteiger charge is 2.33. The average Bonchev–Trinajstić information content (AvgIpc) is 2.85. The van der Waals surface area contributed by atoms with Crippen LogP contribution in [0, 0.1) is 5.92 Å². The van der Waals surface area contributed by atoms with Crippen molar-refractivity contribution < 1.29 is 18.0 Å². The predicted molar refractivity (Wildman–Crippen MR) is 134 cm³/mol. The third kappa shape index (κ3) is 5.68. The molecule has 0 saturated carbocycles. The van der Waals surface area contributed by atoms with E-state index in [1.165, 1.54) is 4.31 Å². The van der Waals surface area contributed by atoms with Gasteiger partial charge in [0.1, 0.15) is 0 Å². The molecule has 0 aliphatic carbocycles. The van der Waals surface area contributed by atoms with Gasteiger partial charge in [-0.2, -0.15) is 4.31 Å². The molecule has 1 N–H and O–H groups in total. The van der Waals surface area contributed by atoms with E-state index in [0.29, 0.717) is 43.7 Å². The van der Waals surface area contributed by atoms with Crippen molar-refractivity contribution in [1.29, 1.82) is 0 Å². The van der Waals surface area contributed by atoms with Crippen LogP contribution in [-0.2, 0) is 14.8 Å². The van der Waals surface area contributed by atoms with Crippen molar-refractivity contribution in [2.45, 2.75) is 17.7 Å². The topological polar surface area (TPSA) is 90.0 Å². The fourth-order valence-corrected chi connectivity index (χ4v) is 6.05. The second-order valence-corrected chi connectivity index (χ2v) is 11.7. The number of benzene rings is 2. The summed E-state index contributed by atoms with van der Waals surface area (Å²) in [6.45, 7) is 3.66. The molecule has 2 aliphatic heterocycles. The third-order valence-electron chi connectivity index (χ3n) is 6.40. The van der Waals surface area contributed by atoms with Crippen molar-refractivity contribution in [3.05, 3.63) is 58.6 Å². The molecule has 2 fully saturated rings. The Hall–Kier alpha value is -2.27. The van der Waals surface area contributed by atoms with Gasteiger partial charge in [-0.05, 0) is 68.4 Å². The summed E-state index contributed by atoms with van der Waals surface area (Å²) in [6, 6.07) is 13.4. The van der Waals surface area contributed by atoms with Crippen molar-refractivity contribution in [3.63, 3.8) is 0 Å². The minimum atomic E-state index is -3.66. The Kier molecular flexibility index (Phi) is 7.71. The lowest BCUT2D eigenvalue weighted by Gasteiger charge is -2.32. The molecule has 0 unspecified atom stereocenters. The highest BCUT2D eigenvalue weighted by molar-refractivity contribution is 9.10. The van der Waals surface area contributed by atoms with Crippen LogP contribution in [-0.4, -0.2) is 80.7 Å². The van der Waals surface area contributed by atoms with Crippen LogP contribution in [0.4, 0.5) is 5.69 Å². The van der Waals surface area contributed by atoms with Crippen molar-refractivity contribution in [2.75, 3.05) is 51.6 Å². The molecule has 2 amide bonds. The molecule has 4 rings (SSSR count).